The zero-order valence-corrected chi connectivity index (χ0v) is 16.3. The summed E-state index contributed by atoms with van der Waals surface area (Å²) < 4.78 is 5.20. The number of hydrogen-bond acceptors (Lipinski definition) is 4. The van der Waals surface area contributed by atoms with Crippen molar-refractivity contribution >= 4 is 11.8 Å². The number of benzene rings is 3. The zero-order valence-electron chi connectivity index (χ0n) is 15.5. The highest BCUT2D eigenvalue weighted by Crippen LogP contribution is 2.42. The highest BCUT2D eigenvalue weighted by molar-refractivity contribution is 7.99. The molecule has 5 heteroatoms. The second kappa shape index (κ2) is 9.63. The van der Waals surface area contributed by atoms with Crippen molar-refractivity contribution in [2.45, 2.75) is 17.1 Å². The van der Waals surface area contributed by atoms with Crippen LogP contribution < -0.4 is 0 Å². The van der Waals surface area contributed by atoms with Gasteiger partial charge in [0, 0.05) is 4.90 Å². The van der Waals surface area contributed by atoms with Crippen LogP contribution in [0.4, 0.5) is 0 Å². The molecule has 0 spiro atoms. The third kappa shape index (κ3) is 4.73. The van der Waals surface area contributed by atoms with Crippen molar-refractivity contribution in [1.29, 1.82) is 5.39 Å². The van der Waals surface area contributed by atoms with E-state index in [0.29, 0.717) is 0 Å². The summed E-state index contributed by atoms with van der Waals surface area (Å²) in [5.74, 6) is -0.370. The molecule has 3 aromatic rings. The molecule has 0 aliphatic carbocycles. The minimum Gasteiger partial charge on any atom is -0.475 e. The van der Waals surface area contributed by atoms with Crippen molar-refractivity contribution in [3.63, 3.8) is 0 Å². The third-order valence-electron chi connectivity index (χ3n) is 4.17. The predicted molar refractivity (Wildman–Crippen MR) is 113 cm³/mol. The number of aliphatic hydroxyl groups excluding tert-OH is 1. The minimum absolute atomic E-state index is 0.0863. The average Bonchev–Trinajstić information content (AvgIpc) is 2.75. The summed E-state index contributed by atoms with van der Waals surface area (Å²) >= 11 is 1.48. The average molecular weight is 390 g/mol. The van der Waals surface area contributed by atoms with E-state index in [-0.39, 0.29) is 18.2 Å². The Balaban J connectivity index is 1.98. The van der Waals surface area contributed by atoms with Gasteiger partial charge in [-0.2, -0.15) is 0 Å². The fourth-order valence-corrected chi connectivity index (χ4v) is 3.96. The van der Waals surface area contributed by atoms with Gasteiger partial charge in [-0.15, -0.1) is 11.8 Å². The molecule has 0 radical (unpaired) electrons. The second-order valence-electron chi connectivity index (χ2n) is 6.02. The van der Waals surface area contributed by atoms with Gasteiger partial charge in [0.2, 0.25) is 5.39 Å². The van der Waals surface area contributed by atoms with Crippen LogP contribution in [-0.4, -0.2) is 11.7 Å². The number of nitrogens with zero attached hydrogens (tertiary/aromatic N) is 2. The smallest absolute Gasteiger partial charge is 0.457 e. The number of ether oxygens (including phenoxy) is 1. The fraction of sp³-hybridized carbons (Fsp3) is 0.130. The Morgan fingerprint density at radius 3 is 2.07 bits per heavy atom. The van der Waals surface area contributed by atoms with Gasteiger partial charge >= 0.3 is 11.6 Å². The molecular formula is C23H21N2O2S+. The zero-order chi connectivity index (χ0) is 19.8. The Hall–Kier alpha value is -3.23. The molecule has 0 aromatic heterocycles. The van der Waals surface area contributed by atoms with Gasteiger partial charge in [-0.1, -0.05) is 72.8 Å². The van der Waals surface area contributed by atoms with E-state index in [4.69, 9.17) is 4.74 Å². The van der Waals surface area contributed by atoms with Crippen molar-refractivity contribution in [1.82, 2.24) is 0 Å². The maximum absolute atomic E-state index is 10.2. The maximum atomic E-state index is 10.2. The van der Waals surface area contributed by atoms with E-state index in [1.807, 2.05) is 72.8 Å². The fourth-order valence-electron chi connectivity index (χ4n) is 2.82. The van der Waals surface area contributed by atoms with Gasteiger partial charge in [0.05, 0.1) is 6.61 Å². The summed E-state index contributed by atoms with van der Waals surface area (Å²) in [6, 6.07) is 27.9. The molecule has 0 saturated heterocycles. The molecule has 4 nitrogen and oxygen atoms in total. The number of thioether (sulfide) groups is 1. The third-order valence-corrected chi connectivity index (χ3v) is 5.45. The molecule has 0 fully saturated rings. The van der Waals surface area contributed by atoms with Crippen molar-refractivity contribution in [3.8, 4) is 11.1 Å². The molecule has 1 N–H and O–H groups in total. The van der Waals surface area contributed by atoms with Gasteiger partial charge in [0.1, 0.15) is 5.25 Å². The SMILES string of the molecule is CCO/C(O)=C(\[N+]#N)C(Sc1ccccc1)c1ccc(-c2ccccc2)cc1. The van der Waals surface area contributed by atoms with Crippen LogP contribution in [0.5, 0.6) is 0 Å². The largest absolute Gasteiger partial charge is 0.475 e. The molecule has 0 heterocycles. The molecule has 0 saturated carbocycles. The molecular weight excluding hydrogens is 368 g/mol. The Labute approximate surface area is 169 Å². The van der Waals surface area contributed by atoms with Crippen LogP contribution in [0.25, 0.3) is 16.1 Å². The molecule has 3 rings (SSSR count). The lowest BCUT2D eigenvalue weighted by molar-refractivity contribution is 0.0981. The van der Waals surface area contributed by atoms with Crippen LogP contribution >= 0.6 is 11.8 Å². The standard InChI is InChI=1S/C23H20N2O2S/c1-2-27-23(26)21(25-24)22(28-20-11-7-4-8-12-20)19-15-13-18(14-16-19)17-9-5-3-6-10-17/h3-16,22H,2H2,1H3/p+1/b23-21-. The normalized spacial score (nSPS) is 12.6. The van der Waals surface area contributed by atoms with E-state index in [2.05, 4.69) is 17.1 Å². The van der Waals surface area contributed by atoms with Gasteiger partial charge in [0.25, 0.3) is 0 Å². The molecule has 1 unspecified atom stereocenters. The molecule has 0 aliphatic rings. The lowest BCUT2D eigenvalue weighted by atomic mass is 10.0. The summed E-state index contributed by atoms with van der Waals surface area (Å²) in [4.78, 5) is 4.33. The van der Waals surface area contributed by atoms with Gasteiger partial charge < -0.3 is 9.84 Å². The van der Waals surface area contributed by atoms with Gasteiger partial charge in [-0.3, -0.25) is 0 Å². The Morgan fingerprint density at radius 1 is 0.929 bits per heavy atom. The lowest BCUT2D eigenvalue weighted by Gasteiger charge is -2.12. The van der Waals surface area contributed by atoms with Crippen LogP contribution in [0, 0.1) is 5.39 Å². The summed E-state index contributed by atoms with van der Waals surface area (Å²) in [5, 5.41) is 19.4. The van der Waals surface area contributed by atoms with E-state index in [0.717, 1.165) is 21.6 Å². The Morgan fingerprint density at radius 2 is 1.50 bits per heavy atom. The van der Waals surface area contributed by atoms with Gasteiger partial charge in [0.15, 0.2) is 4.98 Å². The van der Waals surface area contributed by atoms with E-state index in [1.165, 1.54) is 11.8 Å². The Bertz CT molecular complexity index is 965. The lowest BCUT2D eigenvalue weighted by Crippen LogP contribution is -2.03. The first-order valence-electron chi connectivity index (χ1n) is 9.01. The first-order valence-corrected chi connectivity index (χ1v) is 9.89. The number of diazo groups is 1. The minimum atomic E-state index is -0.427. The van der Waals surface area contributed by atoms with E-state index in [9.17, 15) is 10.5 Å². The van der Waals surface area contributed by atoms with Crippen molar-refractivity contribution in [3.05, 3.63) is 107 Å². The molecule has 0 aliphatic heterocycles. The monoisotopic (exact) mass is 389 g/mol. The maximum Gasteiger partial charge on any atom is 0.457 e. The van der Waals surface area contributed by atoms with Crippen LogP contribution in [-0.2, 0) is 4.74 Å². The predicted octanol–water partition coefficient (Wildman–Crippen LogP) is 6.80. The topological polar surface area (TPSA) is 57.6 Å². The highest BCUT2D eigenvalue weighted by Gasteiger charge is 2.35. The van der Waals surface area contributed by atoms with E-state index in [1.54, 1.807) is 6.92 Å². The summed E-state index contributed by atoms with van der Waals surface area (Å²) in [5.41, 5.74) is 3.20. The number of hydrogen-bond donors (Lipinski definition) is 1. The molecule has 140 valence electrons. The quantitative estimate of drug-likeness (QED) is 0.274. The van der Waals surface area contributed by atoms with Crippen LogP contribution in [0.2, 0.25) is 0 Å². The molecule has 1 atom stereocenters. The summed E-state index contributed by atoms with van der Waals surface area (Å²) in [6.07, 6.45) is 0. The first-order chi connectivity index (χ1) is 13.7. The first kappa shape index (κ1) is 19.5. The molecule has 0 bridgehead atoms. The van der Waals surface area contributed by atoms with Crippen molar-refractivity contribution < 1.29 is 9.84 Å². The molecule has 3 aromatic carbocycles. The van der Waals surface area contributed by atoms with Crippen molar-refractivity contribution in [2.24, 2.45) is 0 Å². The van der Waals surface area contributed by atoms with Crippen LogP contribution in [0.15, 0.2) is 101 Å². The number of aliphatic hydroxyl groups is 1. The number of rotatable bonds is 7. The van der Waals surface area contributed by atoms with Gasteiger partial charge in [-0.05, 0) is 35.7 Å². The van der Waals surface area contributed by atoms with Crippen LogP contribution in [0.1, 0.15) is 17.7 Å². The molecule has 28 heavy (non-hydrogen) atoms. The van der Waals surface area contributed by atoms with Gasteiger partial charge in [-0.25, -0.2) is 0 Å². The molecule has 0 amide bonds. The van der Waals surface area contributed by atoms with Crippen LogP contribution in [0.3, 0.4) is 0 Å². The van der Waals surface area contributed by atoms with E-state index >= 15 is 0 Å². The van der Waals surface area contributed by atoms with Crippen molar-refractivity contribution in [2.75, 3.05) is 6.61 Å². The van der Waals surface area contributed by atoms with E-state index < -0.39 is 5.25 Å². The highest BCUT2D eigenvalue weighted by atomic mass is 32.2. The Kier molecular flexibility index (Phi) is 6.72. The second-order valence-corrected chi connectivity index (χ2v) is 7.20. The summed E-state index contributed by atoms with van der Waals surface area (Å²) in [6.45, 7) is 2.04. The summed E-state index contributed by atoms with van der Waals surface area (Å²) in [7, 11) is 0.